The average Bonchev–Trinajstić information content (AvgIpc) is 3.27. The SMILES string of the molecule is COc1ccc([C@H]2CC(c3ccc(C)c(C)c3)=NN2C(=O)CN2CCN(C)CC2)c(OC)c1. The summed E-state index contributed by atoms with van der Waals surface area (Å²) in [4.78, 5) is 18.0. The monoisotopic (exact) mass is 450 g/mol. The Labute approximate surface area is 196 Å². The molecule has 1 atom stereocenters. The fourth-order valence-electron chi connectivity index (χ4n) is 4.44. The molecule has 7 nitrogen and oxygen atoms in total. The zero-order valence-corrected chi connectivity index (χ0v) is 20.3. The summed E-state index contributed by atoms with van der Waals surface area (Å²) in [7, 11) is 5.40. The lowest BCUT2D eigenvalue weighted by Crippen LogP contribution is -2.48. The van der Waals surface area contributed by atoms with Crippen LogP contribution in [0.1, 0.15) is 34.7 Å². The van der Waals surface area contributed by atoms with E-state index in [4.69, 9.17) is 14.6 Å². The van der Waals surface area contributed by atoms with Crippen LogP contribution in [0.2, 0.25) is 0 Å². The van der Waals surface area contributed by atoms with Crippen molar-refractivity contribution < 1.29 is 14.3 Å². The van der Waals surface area contributed by atoms with Gasteiger partial charge in [-0.15, -0.1) is 0 Å². The van der Waals surface area contributed by atoms with Gasteiger partial charge in [0.1, 0.15) is 11.5 Å². The number of amides is 1. The fourth-order valence-corrected chi connectivity index (χ4v) is 4.44. The molecule has 2 aromatic rings. The summed E-state index contributed by atoms with van der Waals surface area (Å²) in [6.45, 7) is 8.30. The Bertz CT molecular complexity index is 1040. The van der Waals surface area contributed by atoms with Gasteiger partial charge in [0.2, 0.25) is 0 Å². The fraction of sp³-hybridized carbons (Fsp3) is 0.462. The molecule has 4 rings (SSSR count). The minimum absolute atomic E-state index is 0.0151. The molecule has 2 heterocycles. The molecule has 176 valence electrons. The number of carbonyl (C=O) groups is 1. The molecular weight excluding hydrogens is 416 g/mol. The normalized spacial score (nSPS) is 19.5. The zero-order valence-electron chi connectivity index (χ0n) is 20.3. The van der Waals surface area contributed by atoms with Gasteiger partial charge >= 0.3 is 0 Å². The first-order valence-corrected chi connectivity index (χ1v) is 11.5. The number of aryl methyl sites for hydroxylation is 2. The van der Waals surface area contributed by atoms with Crippen LogP contribution in [0.3, 0.4) is 0 Å². The van der Waals surface area contributed by atoms with Gasteiger partial charge in [-0.05, 0) is 55.8 Å². The zero-order chi connectivity index (χ0) is 23.5. The first-order chi connectivity index (χ1) is 15.9. The van der Waals surface area contributed by atoms with E-state index in [0.717, 1.165) is 48.8 Å². The first-order valence-electron chi connectivity index (χ1n) is 11.5. The molecule has 0 spiro atoms. The maximum Gasteiger partial charge on any atom is 0.257 e. The summed E-state index contributed by atoms with van der Waals surface area (Å²) in [6, 6.07) is 11.9. The Hall–Kier alpha value is -2.90. The number of likely N-dealkylation sites (N-methyl/N-ethyl adjacent to an activating group) is 1. The van der Waals surface area contributed by atoms with Crippen molar-refractivity contribution in [3.63, 3.8) is 0 Å². The molecule has 0 bridgehead atoms. The number of benzene rings is 2. The van der Waals surface area contributed by atoms with E-state index in [9.17, 15) is 4.79 Å². The minimum Gasteiger partial charge on any atom is -0.497 e. The van der Waals surface area contributed by atoms with E-state index in [1.54, 1.807) is 19.2 Å². The molecule has 0 N–H and O–H groups in total. The second kappa shape index (κ2) is 9.93. The Kier molecular flexibility index (Phi) is 7.00. The minimum atomic E-state index is -0.220. The number of carbonyl (C=O) groups excluding carboxylic acids is 1. The van der Waals surface area contributed by atoms with Gasteiger partial charge in [-0.2, -0.15) is 5.10 Å². The number of hydrogen-bond donors (Lipinski definition) is 0. The van der Waals surface area contributed by atoms with E-state index in [1.807, 2.05) is 18.2 Å². The van der Waals surface area contributed by atoms with Crippen LogP contribution in [-0.4, -0.2) is 80.4 Å². The van der Waals surface area contributed by atoms with Crippen molar-refractivity contribution in [3.05, 3.63) is 58.7 Å². The number of hydrogen-bond acceptors (Lipinski definition) is 6. The van der Waals surface area contributed by atoms with Gasteiger partial charge in [-0.25, -0.2) is 5.01 Å². The van der Waals surface area contributed by atoms with E-state index in [0.29, 0.717) is 18.7 Å². The highest BCUT2D eigenvalue weighted by molar-refractivity contribution is 6.03. The number of rotatable bonds is 6. The quantitative estimate of drug-likeness (QED) is 0.676. The highest BCUT2D eigenvalue weighted by Gasteiger charge is 2.35. The predicted octanol–water partition coefficient (Wildman–Crippen LogP) is 3.25. The molecule has 7 heteroatoms. The summed E-state index contributed by atoms with van der Waals surface area (Å²) in [5.74, 6) is 1.44. The summed E-state index contributed by atoms with van der Waals surface area (Å²) in [5, 5.41) is 6.54. The van der Waals surface area contributed by atoms with E-state index < -0.39 is 0 Å². The topological polar surface area (TPSA) is 57.6 Å². The number of ether oxygens (including phenoxy) is 2. The largest absolute Gasteiger partial charge is 0.497 e. The van der Waals surface area contributed by atoms with Crippen molar-refractivity contribution in [1.82, 2.24) is 14.8 Å². The molecule has 2 aliphatic heterocycles. The van der Waals surface area contributed by atoms with E-state index in [1.165, 1.54) is 11.1 Å². The van der Waals surface area contributed by atoms with Crippen molar-refractivity contribution in [2.24, 2.45) is 5.10 Å². The maximum atomic E-state index is 13.5. The lowest BCUT2D eigenvalue weighted by molar-refractivity contribution is -0.134. The Morgan fingerprint density at radius 3 is 2.42 bits per heavy atom. The third-order valence-electron chi connectivity index (χ3n) is 6.76. The molecule has 2 aromatic carbocycles. The van der Waals surface area contributed by atoms with Gasteiger partial charge in [0.25, 0.3) is 5.91 Å². The summed E-state index contributed by atoms with van der Waals surface area (Å²) in [5.41, 5.74) is 5.38. The highest BCUT2D eigenvalue weighted by atomic mass is 16.5. The summed E-state index contributed by atoms with van der Waals surface area (Å²) >= 11 is 0. The van der Waals surface area contributed by atoms with E-state index in [-0.39, 0.29) is 11.9 Å². The van der Waals surface area contributed by atoms with Gasteiger partial charge in [-0.1, -0.05) is 12.1 Å². The summed E-state index contributed by atoms with van der Waals surface area (Å²) in [6.07, 6.45) is 0.639. The Morgan fingerprint density at radius 2 is 1.76 bits per heavy atom. The third-order valence-corrected chi connectivity index (χ3v) is 6.76. The molecule has 1 amide bonds. The molecule has 0 radical (unpaired) electrons. The molecule has 0 aromatic heterocycles. The van der Waals surface area contributed by atoms with Crippen molar-refractivity contribution >= 4 is 11.6 Å². The van der Waals surface area contributed by atoms with Crippen molar-refractivity contribution in [2.45, 2.75) is 26.3 Å². The number of hydrazone groups is 1. The average molecular weight is 451 g/mol. The molecular formula is C26H34N4O3. The second-order valence-electron chi connectivity index (χ2n) is 8.99. The van der Waals surface area contributed by atoms with Crippen molar-refractivity contribution in [2.75, 3.05) is 54.0 Å². The maximum absolute atomic E-state index is 13.5. The highest BCUT2D eigenvalue weighted by Crippen LogP contribution is 2.39. The number of piperazine rings is 1. The van der Waals surface area contributed by atoms with Gasteiger partial charge in [0.05, 0.1) is 32.5 Å². The molecule has 1 fully saturated rings. The Balaban J connectivity index is 1.65. The van der Waals surface area contributed by atoms with Gasteiger partial charge in [0.15, 0.2) is 0 Å². The van der Waals surface area contributed by atoms with Gasteiger partial charge in [0, 0.05) is 44.2 Å². The van der Waals surface area contributed by atoms with Crippen LogP contribution in [0.5, 0.6) is 11.5 Å². The van der Waals surface area contributed by atoms with E-state index in [2.05, 4.69) is 48.9 Å². The van der Waals surface area contributed by atoms with Crippen LogP contribution in [0.25, 0.3) is 0 Å². The molecule has 33 heavy (non-hydrogen) atoms. The van der Waals surface area contributed by atoms with Crippen LogP contribution in [0, 0.1) is 13.8 Å². The van der Waals surface area contributed by atoms with Crippen molar-refractivity contribution in [1.29, 1.82) is 0 Å². The van der Waals surface area contributed by atoms with Crippen molar-refractivity contribution in [3.8, 4) is 11.5 Å². The lowest BCUT2D eigenvalue weighted by atomic mass is 9.96. The summed E-state index contributed by atoms with van der Waals surface area (Å²) < 4.78 is 11.1. The van der Waals surface area contributed by atoms with Crippen LogP contribution in [0.4, 0.5) is 0 Å². The third kappa shape index (κ3) is 5.04. The molecule has 0 saturated carbocycles. The number of methoxy groups -OCH3 is 2. The van der Waals surface area contributed by atoms with Gasteiger partial charge in [-0.3, -0.25) is 9.69 Å². The van der Waals surface area contributed by atoms with E-state index >= 15 is 0 Å². The van der Waals surface area contributed by atoms with Gasteiger partial charge < -0.3 is 14.4 Å². The first kappa shape index (κ1) is 23.3. The van der Waals surface area contributed by atoms with Crippen LogP contribution < -0.4 is 9.47 Å². The standard InChI is InChI=1S/C26H34N4O3/c1-18-6-7-20(14-19(18)2)23-16-24(22-9-8-21(32-4)15-25(22)33-5)30(27-23)26(31)17-29-12-10-28(3)11-13-29/h6-9,14-15,24H,10-13,16-17H2,1-5H3/t24-/m1/s1. The molecule has 0 unspecified atom stereocenters. The molecule has 2 aliphatic rings. The Morgan fingerprint density at radius 1 is 1.00 bits per heavy atom. The van der Waals surface area contributed by atoms with Crippen LogP contribution >= 0.6 is 0 Å². The lowest BCUT2D eigenvalue weighted by Gasteiger charge is -2.33. The smallest absolute Gasteiger partial charge is 0.257 e. The molecule has 1 saturated heterocycles. The molecule has 0 aliphatic carbocycles. The van der Waals surface area contributed by atoms with Crippen LogP contribution in [0.15, 0.2) is 41.5 Å². The number of nitrogens with zero attached hydrogens (tertiary/aromatic N) is 4. The van der Waals surface area contributed by atoms with Crippen LogP contribution in [-0.2, 0) is 4.79 Å². The predicted molar refractivity (Wildman–Crippen MR) is 130 cm³/mol. The second-order valence-corrected chi connectivity index (χ2v) is 8.99.